The fraction of sp³-hybridized carbons (Fsp3) is 0.471. The second kappa shape index (κ2) is 6.98. The van der Waals surface area contributed by atoms with Crippen LogP contribution in [0.3, 0.4) is 0 Å². The molecule has 2 aromatic rings. The first kappa shape index (κ1) is 15.9. The average Bonchev–Trinajstić information content (AvgIpc) is 2.54. The summed E-state index contributed by atoms with van der Waals surface area (Å²) in [5.41, 5.74) is 4.79. The van der Waals surface area contributed by atoms with Crippen LogP contribution in [0.15, 0.2) is 36.5 Å². The summed E-state index contributed by atoms with van der Waals surface area (Å²) >= 11 is 0. The van der Waals surface area contributed by atoms with Crippen molar-refractivity contribution in [3.63, 3.8) is 0 Å². The molecule has 0 amide bonds. The average molecular weight is 287 g/mol. The van der Waals surface area contributed by atoms with E-state index in [1.54, 1.807) is 0 Å². The summed E-state index contributed by atoms with van der Waals surface area (Å²) < 4.78 is 6.12. The standard InChI is InChI=1S/C17H25N3O/c1-4-17(5-2,21-6-3)16(20-18)14-9-7-11-15-13(14)10-8-12-19-15/h7-12,16,20H,4-6,18H2,1-3H3. The Morgan fingerprint density at radius 2 is 1.95 bits per heavy atom. The lowest BCUT2D eigenvalue weighted by Crippen LogP contribution is -2.48. The molecule has 21 heavy (non-hydrogen) atoms. The van der Waals surface area contributed by atoms with Crippen molar-refractivity contribution in [1.29, 1.82) is 0 Å². The van der Waals surface area contributed by atoms with Crippen molar-refractivity contribution in [2.75, 3.05) is 6.61 Å². The van der Waals surface area contributed by atoms with Crippen LogP contribution in [0, 0.1) is 0 Å². The van der Waals surface area contributed by atoms with Gasteiger partial charge in [0.1, 0.15) is 0 Å². The number of nitrogens with one attached hydrogen (secondary N) is 1. The highest BCUT2D eigenvalue weighted by molar-refractivity contribution is 5.82. The Kier molecular flexibility index (Phi) is 5.28. The van der Waals surface area contributed by atoms with Gasteiger partial charge in [0, 0.05) is 18.2 Å². The monoisotopic (exact) mass is 287 g/mol. The molecule has 1 heterocycles. The maximum atomic E-state index is 6.12. The molecule has 0 aliphatic rings. The SMILES string of the molecule is CCOC(CC)(CC)C(NN)c1cccc2ncccc12. The fourth-order valence-corrected chi connectivity index (χ4v) is 3.14. The molecule has 2 rings (SSSR count). The molecule has 4 heteroatoms. The summed E-state index contributed by atoms with van der Waals surface area (Å²) in [7, 11) is 0. The van der Waals surface area contributed by atoms with Crippen molar-refractivity contribution in [3.8, 4) is 0 Å². The van der Waals surface area contributed by atoms with Gasteiger partial charge in [0.25, 0.3) is 0 Å². The first-order valence-electron chi connectivity index (χ1n) is 7.66. The quantitative estimate of drug-likeness (QED) is 0.605. The molecule has 0 spiro atoms. The van der Waals surface area contributed by atoms with Gasteiger partial charge in [-0.15, -0.1) is 0 Å². The van der Waals surface area contributed by atoms with Gasteiger partial charge in [0.05, 0.1) is 17.2 Å². The second-order valence-electron chi connectivity index (χ2n) is 5.22. The van der Waals surface area contributed by atoms with E-state index in [1.807, 2.05) is 31.3 Å². The minimum atomic E-state index is -0.312. The number of pyridine rings is 1. The van der Waals surface area contributed by atoms with Gasteiger partial charge >= 0.3 is 0 Å². The van der Waals surface area contributed by atoms with Crippen LogP contribution in [0.5, 0.6) is 0 Å². The number of hydrazine groups is 1. The minimum Gasteiger partial charge on any atom is -0.373 e. The van der Waals surface area contributed by atoms with Crippen LogP contribution in [-0.4, -0.2) is 17.2 Å². The van der Waals surface area contributed by atoms with Crippen LogP contribution in [0.1, 0.15) is 45.2 Å². The zero-order chi connectivity index (χ0) is 15.3. The van der Waals surface area contributed by atoms with Crippen molar-refractivity contribution in [1.82, 2.24) is 10.4 Å². The summed E-state index contributed by atoms with van der Waals surface area (Å²) in [6.07, 6.45) is 3.60. The molecule has 1 unspecified atom stereocenters. The molecule has 1 aromatic heterocycles. The van der Waals surface area contributed by atoms with Crippen molar-refractivity contribution in [2.45, 2.75) is 45.3 Å². The van der Waals surface area contributed by atoms with Crippen molar-refractivity contribution < 1.29 is 4.74 Å². The Hall–Kier alpha value is -1.49. The largest absolute Gasteiger partial charge is 0.373 e. The molecule has 3 N–H and O–H groups in total. The van der Waals surface area contributed by atoms with E-state index in [4.69, 9.17) is 10.6 Å². The number of nitrogens with two attached hydrogens (primary N) is 1. The maximum Gasteiger partial charge on any atom is 0.0884 e. The van der Waals surface area contributed by atoms with E-state index in [1.165, 1.54) is 0 Å². The maximum absolute atomic E-state index is 6.12. The van der Waals surface area contributed by atoms with Gasteiger partial charge < -0.3 is 4.74 Å². The zero-order valence-electron chi connectivity index (χ0n) is 13.1. The Balaban J connectivity index is 2.57. The normalized spacial score (nSPS) is 13.5. The van der Waals surface area contributed by atoms with Gasteiger partial charge in [0.2, 0.25) is 0 Å². The summed E-state index contributed by atoms with van der Waals surface area (Å²) in [5, 5.41) is 1.12. The smallest absolute Gasteiger partial charge is 0.0884 e. The lowest BCUT2D eigenvalue weighted by molar-refractivity contribution is -0.0730. The molecule has 0 saturated carbocycles. The predicted molar refractivity (Wildman–Crippen MR) is 86.7 cm³/mol. The van der Waals surface area contributed by atoms with Gasteiger partial charge in [0.15, 0.2) is 0 Å². The highest BCUT2D eigenvalue weighted by Crippen LogP contribution is 2.37. The molecular weight excluding hydrogens is 262 g/mol. The van der Waals surface area contributed by atoms with Crippen LogP contribution in [-0.2, 0) is 4.74 Å². The Morgan fingerprint density at radius 3 is 2.57 bits per heavy atom. The molecule has 1 atom stereocenters. The number of ether oxygens (including phenoxy) is 1. The lowest BCUT2D eigenvalue weighted by Gasteiger charge is -2.39. The zero-order valence-corrected chi connectivity index (χ0v) is 13.1. The van der Waals surface area contributed by atoms with Crippen molar-refractivity contribution >= 4 is 10.9 Å². The predicted octanol–water partition coefficient (Wildman–Crippen LogP) is 3.33. The number of aromatic nitrogens is 1. The topological polar surface area (TPSA) is 60.2 Å². The first-order valence-corrected chi connectivity index (χ1v) is 7.66. The van der Waals surface area contributed by atoms with Crippen LogP contribution in [0.25, 0.3) is 10.9 Å². The molecule has 4 nitrogen and oxygen atoms in total. The number of fused-ring (bicyclic) bond motifs is 1. The summed E-state index contributed by atoms with van der Waals surface area (Å²) in [4.78, 5) is 4.43. The fourth-order valence-electron chi connectivity index (χ4n) is 3.14. The molecule has 0 fully saturated rings. The molecule has 0 radical (unpaired) electrons. The lowest BCUT2D eigenvalue weighted by atomic mass is 9.82. The molecule has 0 saturated heterocycles. The van der Waals surface area contributed by atoms with E-state index in [9.17, 15) is 0 Å². The number of hydrogen-bond acceptors (Lipinski definition) is 4. The number of benzene rings is 1. The molecule has 0 bridgehead atoms. The molecule has 114 valence electrons. The van der Waals surface area contributed by atoms with E-state index < -0.39 is 0 Å². The third-order valence-corrected chi connectivity index (χ3v) is 4.31. The van der Waals surface area contributed by atoms with E-state index >= 15 is 0 Å². The van der Waals surface area contributed by atoms with Crippen LogP contribution < -0.4 is 11.3 Å². The highest BCUT2D eigenvalue weighted by atomic mass is 16.5. The highest BCUT2D eigenvalue weighted by Gasteiger charge is 2.37. The molecular formula is C17H25N3O. The van der Waals surface area contributed by atoms with Gasteiger partial charge in [-0.2, -0.15) is 0 Å². The summed E-state index contributed by atoms with van der Waals surface area (Å²) in [5.74, 6) is 5.91. The van der Waals surface area contributed by atoms with E-state index in [-0.39, 0.29) is 11.6 Å². The Morgan fingerprint density at radius 1 is 1.19 bits per heavy atom. The van der Waals surface area contributed by atoms with Gasteiger partial charge in [-0.3, -0.25) is 16.3 Å². The second-order valence-corrected chi connectivity index (χ2v) is 5.22. The van der Waals surface area contributed by atoms with Gasteiger partial charge in [-0.25, -0.2) is 0 Å². The minimum absolute atomic E-state index is 0.0691. The van der Waals surface area contributed by atoms with Crippen LogP contribution in [0.4, 0.5) is 0 Å². The third-order valence-electron chi connectivity index (χ3n) is 4.31. The number of rotatable bonds is 7. The van der Waals surface area contributed by atoms with Gasteiger partial charge in [-0.05, 0) is 37.5 Å². The first-order chi connectivity index (χ1) is 10.2. The number of nitrogens with zero attached hydrogens (tertiary/aromatic N) is 1. The Labute approximate surface area is 126 Å². The molecule has 1 aromatic carbocycles. The van der Waals surface area contributed by atoms with Gasteiger partial charge in [-0.1, -0.05) is 32.0 Å². The van der Waals surface area contributed by atoms with E-state index in [0.717, 1.165) is 29.3 Å². The summed E-state index contributed by atoms with van der Waals surface area (Å²) in [6, 6.07) is 10.1. The van der Waals surface area contributed by atoms with Crippen molar-refractivity contribution in [2.24, 2.45) is 5.84 Å². The van der Waals surface area contributed by atoms with Crippen LogP contribution >= 0.6 is 0 Å². The summed E-state index contributed by atoms with van der Waals surface area (Å²) in [6.45, 7) is 6.99. The van der Waals surface area contributed by atoms with Crippen molar-refractivity contribution in [3.05, 3.63) is 42.1 Å². The van der Waals surface area contributed by atoms with E-state index in [0.29, 0.717) is 6.61 Å². The molecule has 0 aliphatic carbocycles. The molecule has 0 aliphatic heterocycles. The third kappa shape index (κ3) is 2.93. The van der Waals surface area contributed by atoms with Crippen LogP contribution in [0.2, 0.25) is 0 Å². The number of hydrogen-bond donors (Lipinski definition) is 2. The van der Waals surface area contributed by atoms with E-state index in [2.05, 4.69) is 36.4 Å². The Bertz CT molecular complexity index is 576.